The molecule has 1 N–H and O–H groups in total. The maximum Gasteiger partial charge on any atom is 0.309 e. The van der Waals surface area contributed by atoms with E-state index in [0.717, 1.165) is 0 Å². The quantitative estimate of drug-likeness (QED) is 0.238. The highest BCUT2D eigenvalue weighted by molar-refractivity contribution is 6.30. The van der Waals surface area contributed by atoms with Gasteiger partial charge in [0.1, 0.15) is 11.5 Å². The number of nitrogens with one attached hydrogen (secondary N) is 1. The zero-order valence-electron chi connectivity index (χ0n) is 23.8. The molecule has 1 saturated heterocycles. The van der Waals surface area contributed by atoms with Gasteiger partial charge in [-0.05, 0) is 80.4 Å². The minimum atomic E-state index is -0.481. The van der Waals surface area contributed by atoms with Crippen molar-refractivity contribution in [1.82, 2.24) is 14.7 Å². The zero-order valence-corrected chi connectivity index (χ0v) is 24.5. The van der Waals surface area contributed by atoms with Crippen LogP contribution in [0.1, 0.15) is 30.1 Å². The number of carbonyl (C=O) groups excluding carboxylic acids is 2. The molecular weight excluding hydrogens is 572 g/mol. The van der Waals surface area contributed by atoms with Gasteiger partial charge in [-0.2, -0.15) is 9.78 Å². The van der Waals surface area contributed by atoms with Gasteiger partial charge < -0.3 is 24.4 Å². The van der Waals surface area contributed by atoms with E-state index in [-0.39, 0.29) is 29.2 Å². The number of halogens is 1. The van der Waals surface area contributed by atoms with Crippen LogP contribution in [0.5, 0.6) is 17.2 Å². The van der Waals surface area contributed by atoms with Gasteiger partial charge in [-0.25, -0.2) is 0 Å². The van der Waals surface area contributed by atoms with Crippen molar-refractivity contribution in [2.75, 3.05) is 32.1 Å². The Morgan fingerprint density at radius 2 is 1.72 bits per heavy atom. The third kappa shape index (κ3) is 6.98. The second-order valence-corrected chi connectivity index (χ2v) is 10.3. The highest BCUT2D eigenvalue weighted by atomic mass is 35.5. The molecule has 0 spiro atoms. The van der Waals surface area contributed by atoms with Gasteiger partial charge in [-0.3, -0.25) is 14.4 Å². The van der Waals surface area contributed by atoms with Gasteiger partial charge in [0.15, 0.2) is 11.4 Å². The summed E-state index contributed by atoms with van der Waals surface area (Å²) in [5.41, 5.74) is 1.07. The summed E-state index contributed by atoms with van der Waals surface area (Å²) >= 11 is 6.18. The normalized spacial score (nSPS) is 13.3. The summed E-state index contributed by atoms with van der Waals surface area (Å²) in [6.07, 6.45) is 2.54. The molecule has 11 heteroatoms. The first-order valence-electron chi connectivity index (χ1n) is 13.9. The number of carbonyl (C=O) groups is 2. The van der Waals surface area contributed by atoms with E-state index in [1.54, 1.807) is 91.7 Å². The van der Waals surface area contributed by atoms with Crippen molar-refractivity contribution in [1.29, 1.82) is 0 Å². The summed E-state index contributed by atoms with van der Waals surface area (Å²) in [6.45, 7) is 3.03. The molecule has 0 saturated carbocycles. The fourth-order valence-electron chi connectivity index (χ4n) is 4.83. The summed E-state index contributed by atoms with van der Waals surface area (Å²) in [7, 11) is 1.57. The SMILES string of the molecule is CCOC(=O)C1CCN(C(=O)c2cccc(Nc3c(Oc4ccc(OC)cc4)cnn(-c4cccc(Cl)c4)c3=O)c2)CC1. The molecule has 1 fully saturated rings. The van der Waals surface area contributed by atoms with Crippen LogP contribution in [0.3, 0.4) is 0 Å². The van der Waals surface area contributed by atoms with E-state index < -0.39 is 5.56 Å². The Morgan fingerprint density at radius 3 is 2.42 bits per heavy atom. The largest absolute Gasteiger partial charge is 0.497 e. The van der Waals surface area contributed by atoms with Crippen molar-refractivity contribution < 1.29 is 23.8 Å². The average molecular weight is 603 g/mol. The summed E-state index contributed by atoms with van der Waals surface area (Å²) in [5.74, 6) is 0.745. The van der Waals surface area contributed by atoms with Crippen LogP contribution in [0.25, 0.3) is 5.69 Å². The van der Waals surface area contributed by atoms with Crippen LogP contribution in [-0.2, 0) is 9.53 Å². The molecule has 1 amide bonds. The number of hydrogen-bond acceptors (Lipinski definition) is 8. The average Bonchev–Trinajstić information content (AvgIpc) is 3.03. The van der Waals surface area contributed by atoms with Gasteiger partial charge in [-0.1, -0.05) is 23.7 Å². The highest BCUT2D eigenvalue weighted by Crippen LogP contribution is 2.31. The smallest absolute Gasteiger partial charge is 0.309 e. The molecule has 0 unspecified atom stereocenters. The highest BCUT2D eigenvalue weighted by Gasteiger charge is 2.29. The number of rotatable bonds is 9. The van der Waals surface area contributed by atoms with Gasteiger partial charge in [0.05, 0.1) is 31.5 Å². The van der Waals surface area contributed by atoms with Crippen LogP contribution in [0.4, 0.5) is 11.4 Å². The lowest BCUT2D eigenvalue weighted by Crippen LogP contribution is -2.40. The van der Waals surface area contributed by atoms with Crippen molar-refractivity contribution in [3.63, 3.8) is 0 Å². The van der Waals surface area contributed by atoms with Crippen molar-refractivity contribution in [2.45, 2.75) is 19.8 Å². The molecule has 1 aliphatic heterocycles. The number of methoxy groups -OCH3 is 1. The van der Waals surface area contributed by atoms with E-state index in [2.05, 4.69) is 10.4 Å². The number of nitrogens with zero attached hydrogens (tertiary/aromatic N) is 3. The Labute approximate surface area is 253 Å². The molecule has 3 aromatic carbocycles. The van der Waals surface area contributed by atoms with Gasteiger partial charge in [0, 0.05) is 29.4 Å². The fraction of sp³-hybridized carbons (Fsp3) is 0.250. The van der Waals surface area contributed by atoms with Gasteiger partial charge in [0.25, 0.3) is 11.5 Å². The summed E-state index contributed by atoms with van der Waals surface area (Å²) in [4.78, 5) is 41.0. The predicted octanol–water partition coefficient (Wildman–Crippen LogP) is 5.85. The van der Waals surface area contributed by atoms with Crippen LogP contribution in [0.15, 0.2) is 83.8 Å². The summed E-state index contributed by atoms with van der Waals surface area (Å²) < 4.78 is 17.6. The van der Waals surface area contributed by atoms with Crippen molar-refractivity contribution in [2.24, 2.45) is 5.92 Å². The first-order chi connectivity index (χ1) is 20.9. The maximum atomic E-state index is 13.8. The van der Waals surface area contributed by atoms with Crippen molar-refractivity contribution >= 4 is 34.9 Å². The molecule has 2 heterocycles. The number of esters is 1. The van der Waals surface area contributed by atoms with E-state index >= 15 is 0 Å². The number of piperidine rings is 1. The molecule has 4 aromatic rings. The Morgan fingerprint density at radius 1 is 1.00 bits per heavy atom. The number of amides is 1. The number of ether oxygens (including phenoxy) is 3. The lowest BCUT2D eigenvalue weighted by atomic mass is 9.96. The van der Waals surface area contributed by atoms with E-state index in [9.17, 15) is 14.4 Å². The molecule has 0 bridgehead atoms. The molecule has 0 radical (unpaired) electrons. The fourth-order valence-corrected chi connectivity index (χ4v) is 5.01. The van der Waals surface area contributed by atoms with E-state index in [1.807, 2.05) is 0 Å². The molecule has 1 aliphatic rings. The van der Waals surface area contributed by atoms with Gasteiger partial charge >= 0.3 is 5.97 Å². The first-order valence-corrected chi connectivity index (χ1v) is 14.3. The Kier molecular flexibility index (Phi) is 9.26. The number of anilines is 2. The topological polar surface area (TPSA) is 112 Å². The van der Waals surface area contributed by atoms with Crippen LogP contribution in [0.2, 0.25) is 5.02 Å². The van der Waals surface area contributed by atoms with Crippen LogP contribution in [-0.4, -0.2) is 53.4 Å². The third-order valence-corrected chi connectivity index (χ3v) is 7.30. The zero-order chi connectivity index (χ0) is 30.3. The van der Waals surface area contributed by atoms with Gasteiger partial charge in [-0.15, -0.1) is 0 Å². The molecule has 5 rings (SSSR count). The molecule has 10 nitrogen and oxygen atoms in total. The minimum Gasteiger partial charge on any atom is -0.497 e. The molecule has 0 aliphatic carbocycles. The summed E-state index contributed by atoms with van der Waals surface area (Å²) in [5, 5.41) is 7.93. The van der Waals surface area contributed by atoms with Gasteiger partial charge in [0.2, 0.25) is 0 Å². The predicted molar refractivity (Wildman–Crippen MR) is 163 cm³/mol. The number of benzene rings is 3. The lowest BCUT2D eigenvalue weighted by molar-refractivity contribution is -0.149. The second kappa shape index (κ2) is 13.4. The third-order valence-electron chi connectivity index (χ3n) is 7.06. The van der Waals surface area contributed by atoms with E-state index in [0.29, 0.717) is 66.0 Å². The Hall–Kier alpha value is -4.83. The second-order valence-electron chi connectivity index (χ2n) is 9.88. The summed E-state index contributed by atoms with van der Waals surface area (Å²) in [6, 6.07) is 20.6. The minimum absolute atomic E-state index is 0.116. The van der Waals surface area contributed by atoms with E-state index in [4.69, 9.17) is 25.8 Å². The molecule has 43 heavy (non-hydrogen) atoms. The molecule has 222 valence electrons. The number of aromatic nitrogens is 2. The van der Waals surface area contributed by atoms with Crippen LogP contribution in [0, 0.1) is 5.92 Å². The molecule has 1 aromatic heterocycles. The monoisotopic (exact) mass is 602 g/mol. The lowest BCUT2D eigenvalue weighted by Gasteiger charge is -2.31. The van der Waals surface area contributed by atoms with Crippen LogP contribution >= 0.6 is 11.6 Å². The van der Waals surface area contributed by atoms with Crippen molar-refractivity contribution in [3.05, 3.63) is 99.9 Å². The number of hydrogen-bond donors (Lipinski definition) is 1. The standard InChI is InChI=1S/C32H31ClN4O6/c1-3-42-32(40)21-14-16-36(17-15-21)30(38)22-6-4-8-24(18-22)35-29-28(43-27-12-10-26(41-2)11-13-27)20-34-37(31(29)39)25-9-5-7-23(33)19-25/h4-13,18-21,35H,3,14-17H2,1-2H3. The first kappa shape index (κ1) is 29.7. The van der Waals surface area contributed by atoms with Crippen molar-refractivity contribution in [3.8, 4) is 22.9 Å². The van der Waals surface area contributed by atoms with E-state index in [1.165, 1.54) is 10.9 Å². The van der Waals surface area contributed by atoms with Crippen LogP contribution < -0.4 is 20.3 Å². The Balaban J connectivity index is 1.42. The molecule has 0 atom stereocenters. The maximum absolute atomic E-state index is 13.8. The molecular formula is C32H31ClN4O6. The Bertz CT molecular complexity index is 1670. The number of likely N-dealkylation sites (tertiary alicyclic amines) is 1.